The number of hydrogen-bond donors (Lipinski definition) is 0. The summed E-state index contributed by atoms with van der Waals surface area (Å²) in [4.78, 5) is 36.5. The first kappa shape index (κ1) is 17.6. The van der Waals surface area contributed by atoms with Crippen LogP contribution in [0.4, 0.5) is 0 Å². The van der Waals surface area contributed by atoms with Gasteiger partial charge in [0, 0.05) is 12.3 Å². The number of nitriles is 2. The molecule has 0 aliphatic heterocycles. The minimum absolute atomic E-state index is 0.213. The van der Waals surface area contributed by atoms with Crippen LogP contribution in [0.5, 0.6) is 0 Å². The Hall–Kier alpha value is -2.41. The van der Waals surface area contributed by atoms with Crippen molar-refractivity contribution in [3.05, 3.63) is 0 Å². The Balaban J connectivity index is 3.47. The molecule has 0 unspecified atom stereocenters. The SMILES string of the molecule is COC(=O)[C@@H](C#N)[C@@](C#N)(C(=O)OC)[C@@H]1CCCCCC1=O. The van der Waals surface area contributed by atoms with E-state index in [1.54, 1.807) is 12.1 Å². The molecule has 0 aromatic rings. The van der Waals surface area contributed by atoms with Crippen molar-refractivity contribution >= 4 is 17.7 Å². The maximum absolute atomic E-state index is 12.4. The number of ether oxygens (including phenoxy) is 2. The topological polar surface area (TPSA) is 117 Å². The third kappa shape index (κ3) is 2.94. The largest absolute Gasteiger partial charge is 0.468 e. The zero-order valence-corrected chi connectivity index (χ0v) is 12.6. The summed E-state index contributed by atoms with van der Waals surface area (Å²) >= 11 is 0. The van der Waals surface area contributed by atoms with Crippen LogP contribution in [-0.4, -0.2) is 31.9 Å². The third-order valence-electron chi connectivity index (χ3n) is 4.08. The lowest BCUT2D eigenvalue weighted by Gasteiger charge is -2.32. The van der Waals surface area contributed by atoms with Crippen LogP contribution < -0.4 is 0 Å². The Morgan fingerprint density at radius 2 is 1.91 bits per heavy atom. The van der Waals surface area contributed by atoms with Crippen molar-refractivity contribution in [3.8, 4) is 12.1 Å². The molecule has 0 radical (unpaired) electrons. The highest BCUT2D eigenvalue weighted by atomic mass is 16.5. The maximum atomic E-state index is 12.4. The average Bonchev–Trinajstić information content (AvgIpc) is 2.76. The van der Waals surface area contributed by atoms with Gasteiger partial charge in [0.1, 0.15) is 5.78 Å². The van der Waals surface area contributed by atoms with Gasteiger partial charge in [-0.25, -0.2) is 0 Å². The predicted molar refractivity (Wildman–Crippen MR) is 72.8 cm³/mol. The van der Waals surface area contributed by atoms with Gasteiger partial charge in [0.2, 0.25) is 0 Å². The van der Waals surface area contributed by atoms with Crippen molar-refractivity contribution in [1.82, 2.24) is 0 Å². The smallest absolute Gasteiger partial charge is 0.328 e. The van der Waals surface area contributed by atoms with Crippen molar-refractivity contribution in [2.45, 2.75) is 32.1 Å². The molecule has 1 aliphatic carbocycles. The van der Waals surface area contributed by atoms with Crippen LogP contribution >= 0.6 is 0 Å². The molecule has 118 valence electrons. The van der Waals surface area contributed by atoms with E-state index >= 15 is 0 Å². The Labute approximate surface area is 128 Å². The summed E-state index contributed by atoms with van der Waals surface area (Å²) in [6.07, 6.45) is 2.56. The number of ketones is 1. The second-order valence-electron chi connectivity index (χ2n) is 5.18. The summed E-state index contributed by atoms with van der Waals surface area (Å²) in [5.74, 6) is -5.12. The number of rotatable bonds is 4. The molecule has 0 spiro atoms. The molecule has 1 rings (SSSR count). The van der Waals surface area contributed by atoms with Crippen molar-refractivity contribution in [3.63, 3.8) is 0 Å². The Bertz CT molecular complexity index is 545. The summed E-state index contributed by atoms with van der Waals surface area (Å²) in [6, 6.07) is 3.39. The van der Waals surface area contributed by atoms with Crippen molar-refractivity contribution in [1.29, 1.82) is 10.5 Å². The first-order valence-corrected chi connectivity index (χ1v) is 6.99. The highest BCUT2D eigenvalue weighted by Gasteiger charge is 2.59. The normalized spacial score (nSPS) is 22.2. The van der Waals surface area contributed by atoms with Gasteiger partial charge in [0.05, 0.1) is 26.4 Å². The zero-order chi connectivity index (χ0) is 16.8. The van der Waals surface area contributed by atoms with Gasteiger partial charge in [-0.3, -0.25) is 14.4 Å². The lowest BCUT2D eigenvalue weighted by molar-refractivity contribution is -0.165. The van der Waals surface area contributed by atoms with Gasteiger partial charge in [-0.05, 0) is 12.8 Å². The first-order valence-electron chi connectivity index (χ1n) is 6.99. The molecule has 22 heavy (non-hydrogen) atoms. The Morgan fingerprint density at radius 1 is 1.23 bits per heavy atom. The fourth-order valence-corrected chi connectivity index (χ4v) is 2.92. The molecule has 7 heteroatoms. The van der Waals surface area contributed by atoms with E-state index in [1.165, 1.54) is 0 Å². The molecule has 7 nitrogen and oxygen atoms in total. The van der Waals surface area contributed by atoms with Crippen LogP contribution in [0, 0.1) is 39.9 Å². The highest BCUT2D eigenvalue weighted by Crippen LogP contribution is 2.43. The summed E-state index contributed by atoms with van der Waals surface area (Å²) in [5, 5.41) is 18.9. The summed E-state index contributed by atoms with van der Waals surface area (Å²) < 4.78 is 9.19. The molecule has 0 amide bonds. The fourth-order valence-electron chi connectivity index (χ4n) is 2.92. The van der Waals surface area contributed by atoms with Crippen molar-refractivity contribution < 1.29 is 23.9 Å². The van der Waals surface area contributed by atoms with Crippen molar-refractivity contribution in [2.75, 3.05) is 14.2 Å². The van der Waals surface area contributed by atoms with Gasteiger partial charge >= 0.3 is 11.9 Å². The quantitative estimate of drug-likeness (QED) is 0.564. The minimum atomic E-state index is -2.17. The van der Waals surface area contributed by atoms with E-state index in [0.29, 0.717) is 12.8 Å². The van der Waals surface area contributed by atoms with Gasteiger partial charge in [-0.1, -0.05) is 12.8 Å². The van der Waals surface area contributed by atoms with Gasteiger partial charge < -0.3 is 9.47 Å². The van der Waals surface area contributed by atoms with Crippen LogP contribution in [0.2, 0.25) is 0 Å². The van der Waals surface area contributed by atoms with Crippen LogP contribution in [0.15, 0.2) is 0 Å². The van der Waals surface area contributed by atoms with E-state index < -0.39 is 29.2 Å². The maximum Gasteiger partial charge on any atom is 0.328 e. The molecular weight excluding hydrogens is 288 g/mol. The van der Waals surface area contributed by atoms with Crippen LogP contribution in [0.1, 0.15) is 32.1 Å². The molecule has 1 fully saturated rings. The molecule has 1 saturated carbocycles. The average molecular weight is 306 g/mol. The second-order valence-corrected chi connectivity index (χ2v) is 5.18. The van der Waals surface area contributed by atoms with Gasteiger partial charge in [-0.2, -0.15) is 10.5 Å². The monoisotopic (exact) mass is 306 g/mol. The van der Waals surface area contributed by atoms with E-state index in [4.69, 9.17) is 0 Å². The molecule has 0 N–H and O–H groups in total. The molecular formula is C15H18N2O5. The number of carbonyl (C=O) groups is 3. The number of methoxy groups -OCH3 is 2. The van der Waals surface area contributed by atoms with Gasteiger partial charge in [-0.15, -0.1) is 0 Å². The van der Waals surface area contributed by atoms with E-state index in [0.717, 1.165) is 20.6 Å². The number of nitrogens with zero attached hydrogens (tertiary/aromatic N) is 2. The number of carbonyl (C=O) groups excluding carboxylic acids is 3. The lowest BCUT2D eigenvalue weighted by atomic mass is 9.64. The van der Waals surface area contributed by atoms with Crippen LogP contribution in [0.3, 0.4) is 0 Å². The third-order valence-corrected chi connectivity index (χ3v) is 4.08. The van der Waals surface area contributed by atoms with E-state index in [9.17, 15) is 24.9 Å². The lowest BCUT2D eigenvalue weighted by Crippen LogP contribution is -2.50. The standard InChI is InChI=1S/C15H18N2O5/c1-21-13(19)11(8-16)15(9-17,14(20)22-2)10-6-4-3-5-7-12(10)18/h10-11H,3-7H2,1-2H3/t10-,11-,15+/m1/s1. The second kappa shape index (κ2) is 7.56. The van der Waals surface area contributed by atoms with Crippen LogP contribution in [-0.2, 0) is 23.9 Å². The number of esters is 2. The van der Waals surface area contributed by atoms with Gasteiger partial charge in [0.15, 0.2) is 11.3 Å². The number of hydrogen-bond acceptors (Lipinski definition) is 7. The Kier molecular flexibility index (Phi) is 6.06. The molecule has 0 aromatic heterocycles. The van der Waals surface area contributed by atoms with E-state index in [-0.39, 0.29) is 18.6 Å². The molecule has 3 atom stereocenters. The first-order chi connectivity index (χ1) is 10.5. The number of Topliss-reactive ketones (excluding diaryl/α,β-unsaturated/α-hetero) is 1. The van der Waals surface area contributed by atoms with E-state index in [2.05, 4.69) is 9.47 Å². The highest BCUT2D eigenvalue weighted by molar-refractivity contribution is 5.96. The molecule has 0 saturated heterocycles. The zero-order valence-electron chi connectivity index (χ0n) is 12.6. The van der Waals surface area contributed by atoms with Crippen LogP contribution in [0.25, 0.3) is 0 Å². The van der Waals surface area contributed by atoms with Gasteiger partial charge in [0.25, 0.3) is 0 Å². The molecule has 0 aromatic carbocycles. The Morgan fingerprint density at radius 3 is 2.41 bits per heavy atom. The molecule has 0 bridgehead atoms. The summed E-state index contributed by atoms with van der Waals surface area (Å²) in [5.41, 5.74) is -2.17. The molecule has 1 aliphatic rings. The van der Waals surface area contributed by atoms with Crippen molar-refractivity contribution in [2.24, 2.45) is 17.3 Å². The fraction of sp³-hybridized carbons (Fsp3) is 0.667. The predicted octanol–water partition coefficient (Wildman–Crippen LogP) is 1.13. The summed E-state index contributed by atoms with van der Waals surface area (Å²) in [7, 11) is 2.11. The summed E-state index contributed by atoms with van der Waals surface area (Å²) in [6.45, 7) is 0. The minimum Gasteiger partial charge on any atom is -0.468 e. The molecule has 0 heterocycles. The van der Waals surface area contributed by atoms with E-state index in [1.807, 2.05) is 0 Å².